The van der Waals surface area contributed by atoms with Crippen LogP contribution in [0.15, 0.2) is 11.1 Å². The maximum absolute atomic E-state index is 11.9. The highest BCUT2D eigenvalue weighted by atomic mass is 16.3. The van der Waals surface area contributed by atoms with Crippen molar-refractivity contribution in [2.75, 3.05) is 6.61 Å². The molecule has 4 rings (SSSR count). The van der Waals surface area contributed by atoms with Crippen LogP contribution in [0.25, 0.3) is 0 Å². The van der Waals surface area contributed by atoms with Crippen molar-refractivity contribution in [3.05, 3.63) is 11.1 Å². The van der Waals surface area contributed by atoms with Gasteiger partial charge in [0.1, 0.15) is 0 Å². The molecule has 0 saturated heterocycles. The summed E-state index contributed by atoms with van der Waals surface area (Å²) in [6, 6.07) is 0. The summed E-state index contributed by atoms with van der Waals surface area (Å²) in [6.07, 6.45) is 2.97. The number of hydrogen-bond donors (Lipinski definition) is 6. The number of aliphatic hydroxyl groups is 6. The molecule has 10 atom stereocenters. The van der Waals surface area contributed by atoms with Crippen LogP contribution in [-0.2, 0) is 0 Å². The first-order chi connectivity index (χ1) is 16.5. The van der Waals surface area contributed by atoms with Crippen molar-refractivity contribution in [2.45, 2.75) is 130 Å². The van der Waals surface area contributed by atoms with Gasteiger partial charge in [0.25, 0.3) is 0 Å². The minimum Gasteiger partial charge on any atom is -0.396 e. The number of hydrogen-bond acceptors (Lipinski definition) is 6. The molecule has 6 N–H and O–H groups in total. The molecule has 6 nitrogen and oxygen atoms in total. The Kier molecular flexibility index (Phi) is 7.15. The standard InChI is InChI=1S/C30H52O6/c1-26(2)22-10-9-19-20(28(22,5)15-21(32)25(26)35)14-24(34)30(7)18(12-13-29(19,30)6)17(16-31)8-11-23(33)27(3,4)36/h17-18,21-25,31-36H,8-16H2,1-7H3/t17-,18+,21+,22-,23-,24+,25-,28+,29-,30+/m1/s1. The first-order valence-electron chi connectivity index (χ1n) is 14.2. The molecule has 208 valence electrons. The van der Waals surface area contributed by atoms with Crippen molar-refractivity contribution in [2.24, 2.45) is 39.4 Å². The Morgan fingerprint density at radius 3 is 2.19 bits per heavy atom. The van der Waals surface area contributed by atoms with Crippen molar-refractivity contribution in [1.29, 1.82) is 0 Å². The van der Waals surface area contributed by atoms with Crippen LogP contribution >= 0.6 is 0 Å². The molecule has 4 aliphatic carbocycles. The summed E-state index contributed by atoms with van der Waals surface area (Å²) in [5.74, 6) is 0.308. The molecule has 0 aliphatic heterocycles. The van der Waals surface area contributed by atoms with Crippen LogP contribution < -0.4 is 0 Å². The SMILES string of the molecule is CC(C)(O)[C@H](O)CC[C@H](CO)[C@@H]1CC[C@]2(C)C3=C(C[C@H](O)[C@]12C)[C@]1(C)C[C@H](O)[C@@H](O)C(C)(C)[C@H]1CC3. The lowest BCUT2D eigenvalue weighted by Crippen LogP contribution is -2.61. The fourth-order valence-electron chi connectivity index (χ4n) is 9.77. The highest BCUT2D eigenvalue weighted by molar-refractivity contribution is 5.40. The Labute approximate surface area is 217 Å². The molecule has 36 heavy (non-hydrogen) atoms. The number of aliphatic hydroxyl groups excluding tert-OH is 5. The van der Waals surface area contributed by atoms with Gasteiger partial charge in [-0.2, -0.15) is 0 Å². The van der Waals surface area contributed by atoms with E-state index in [1.807, 2.05) is 0 Å². The zero-order valence-corrected chi connectivity index (χ0v) is 23.6. The van der Waals surface area contributed by atoms with Gasteiger partial charge in [-0.1, -0.05) is 45.8 Å². The van der Waals surface area contributed by atoms with Gasteiger partial charge in [-0.3, -0.25) is 0 Å². The summed E-state index contributed by atoms with van der Waals surface area (Å²) < 4.78 is 0. The normalized spacial score (nSPS) is 46.1. The lowest BCUT2D eigenvalue weighted by atomic mass is 9.42. The van der Waals surface area contributed by atoms with Crippen LogP contribution in [-0.4, -0.2) is 67.3 Å². The monoisotopic (exact) mass is 508 g/mol. The van der Waals surface area contributed by atoms with E-state index in [1.165, 1.54) is 11.1 Å². The third kappa shape index (κ3) is 3.88. The fraction of sp³-hybridized carbons (Fsp3) is 0.933. The van der Waals surface area contributed by atoms with E-state index >= 15 is 0 Å². The van der Waals surface area contributed by atoms with Crippen LogP contribution in [0.5, 0.6) is 0 Å². The second-order valence-corrected chi connectivity index (χ2v) is 14.7. The molecule has 0 aromatic rings. The molecule has 4 aliphatic rings. The third-order valence-electron chi connectivity index (χ3n) is 12.3. The number of allylic oxidation sites excluding steroid dienone is 1. The molecule has 0 bridgehead atoms. The predicted molar refractivity (Wildman–Crippen MR) is 140 cm³/mol. The maximum Gasteiger partial charge on any atom is 0.0853 e. The summed E-state index contributed by atoms with van der Waals surface area (Å²) in [5.41, 5.74) is 0.313. The summed E-state index contributed by atoms with van der Waals surface area (Å²) in [5, 5.41) is 64.7. The van der Waals surface area contributed by atoms with Gasteiger partial charge >= 0.3 is 0 Å². The summed E-state index contributed by atoms with van der Waals surface area (Å²) >= 11 is 0. The van der Waals surface area contributed by atoms with Gasteiger partial charge in [0.2, 0.25) is 0 Å². The van der Waals surface area contributed by atoms with Gasteiger partial charge < -0.3 is 30.6 Å². The molecule has 0 spiro atoms. The van der Waals surface area contributed by atoms with Crippen LogP contribution in [0.2, 0.25) is 0 Å². The molecule has 2 saturated carbocycles. The topological polar surface area (TPSA) is 121 Å². The largest absolute Gasteiger partial charge is 0.396 e. The molecule has 0 aromatic carbocycles. The van der Waals surface area contributed by atoms with E-state index in [4.69, 9.17) is 0 Å². The first kappa shape index (κ1) is 28.5. The second-order valence-electron chi connectivity index (χ2n) is 14.7. The fourth-order valence-corrected chi connectivity index (χ4v) is 9.77. The van der Waals surface area contributed by atoms with E-state index in [2.05, 4.69) is 34.6 Å². The molecule has 0 radical (unpaired) electrons. The number of rotatable bonds is 6. The smallest absolute Gasteiger partial charge is 0.0853 e. The van der Waals surface area contributed by atoms with E-state index in [-0.39, 0.29) is 35.2 Å². The summed E-state index contributed by atoms with van der Waals surface area (Å²) in [4.78, 5) is 0. The minimum atomic E-state index is -1.18. The van der Waals surface area contributed by atoms with Crippen LogP contribution in [0, 0.1) is 39.4 Å². The Hall–Kier alpha value is -0.500. The van der Waals surface area contributed by atoms with E-state index in [0.717, 1.165) is 25.7 Å². The van der Waals surface area contributed by atoms with Crippen molar-refractivity contribution in [3.63, 3.8) is 0 Å². The van der Waals surface area contributed by atoms with Crippen LogP contribution in [0.1, 0.15) is 99.8 Å². The van der Waals surface area contributed by atoms with Gasteiger partial charge in [0.05, 0.1) is 30.0 Å². The minimum absolute atomic E-state index is 0.00555. The molecule has 0 heterocycles. The molecule has 6 heteroatoms. The van der Waals surface area contributed by atoms with Crippen LogP contribution in [0.3, 0.4) is 0 Å². The van der Waals surface area contributed by atoms with Crippen molar-refractivity contribution in [1.82, 2.24) is 0 Å². The Morgan fingerprint density at radius 1 is 0.972 bits per heavy atom. The first-order valence-corrected chi connectivity index (χ1v) is 14.2. The average molecular weight is 509 g/mol. The van der Waals surface area contributed by atoms with E-state index < -0.39 is 40.8 Å². The predicted octanol–water partition coefficient (Wildman–Crippen LogP) is 3.56. The van der Waals surface area contributed by atoms with E-state index in [9.17, 15) is 30.6 Å². The lowest BCUT2D eigenvalue weighted by molar-refractivity contribution is -0.163. The lowest BCUT2D eigenvalue weighted by Gasteiger charge is -2.63. The van der Waals surface area contributed by atoms with Gasteiger partial charge in [-0.05, 0) is 99.2 Å². The highest BCUT2D eigenvalue weighted by Crippen LogP contribution is 2.72. The van der Waals surface area contributed by atoms with Crippen molar-refractivity contribution < 1.29 is 30.6 Å². The van der Waals surface area contributed by atoms with E-state index in [0.29, 0.717) is 25.7 Å². The molecule has 0 aromatic heterocycles. The second kappa shape index (κ2) is 9.02. The van der Waals surface area contributed by atoms with Gasteiger partial charge in [-0.15, -0.1) is 0 Å². The molecule has 0 amide bonds. The molecular formula is C30H52O6. The summed E-state index contributed by atoms with van der Waals surface area (Å²) in [6.45, 7) is 14.2. The zero-order chi connectivity index (χ0) is 27.1. The molecule has 2 fully saturated rings. The molecular weight excluding hydrogens is 456 g/mol. The quantitative estimate of drug-likeness (QED) is 0.305. The van der Waals surface area contributed by atoms with Gasteiger partial charge in [-0.25, -0.2) is 0 Å². The average Bonchev–Trinajstić information content (AvgIpc) is 3.06. The summed E-state index contributed by atoms with van der Waals surface area (Å²) in [7, 11) is 0. The third-order valence-corrected chi connectivity index (χ3v) is 12.3. The van der Waals surface area contributed by atoms with E-state index in [1.54, 1.807) is 13.8 Å². The molecule has 0 unspecified atom stereocenters. The zero-order valence-electron chi connectivity index (χ0n) is 23.6. The van der Waals surface area contributed by atoms with Gasteiger partial charge in [0.15, 0.2) is 0 Å². The van der Waals surface area contributed by atoms with Crippen LogP contribution in [0.4, 0.5) is 0 Å². The Morgan fingerprint density at radius 2 is 1.61 bits per heavy atom. The maximum atomic E-state index is 11.9. The number of fused-ring (bicyclic) bond motifs is 4. The Bertz CT molecular complexity index is 875. The van der Waals surface area contributed by atoms with Crippen molar-refractivity contribution >= 4 is 0 Å². The Balaban J connectivity index is 1.69. The highest BCUT2D eigenvalue weighted by Gasteiger charge is 2.67. The van der Waals surface area contributed by atoms with Gasteiger partial charge in [0, 0.05) is 12.0 Å². The van der Waals surface area contributed by atoms with Crippen molar-refractivity contribution in [3.8, 4) is 0 Å².